The van der Waals surface area contributed by atoms with Crippen LogP contribution in [0.1, 0.15) is 20.8 Å². The zero-order valence-corrected chi connectivity index (χ0v) is 12.0. The van der Waals surface area contributed by atoms with Crippen molar-refractivity contribution in [3.8, 4) is 0 Å². The van der Waals surface area contributed by atoms with E-state index in [1.54, 1.807) is 18.3 Å². The maximum absolute atomic E-state index is 11.6. The highest BCUT2D eigenvalue weighted by molar-refractivity contribution is 9.10. The largest absolute Gasteiger partial charge is 0.444 e. The van der Waals surface area contributed by atoms with Crippen LogP contribution in [0, 0.1) is 0 Å². The van der Waals surface area contributed by atoms with Gasteiger partial charge in [-0.05, 0) is 42.8 Å². The molecule has 0 saturated carbocycles. The number of anilines is 1. The fraction of sp³-hybridized carbons (Fsp3) is 0.333. The molecule has 96 valence electrons. The average Bonchev–Trinajstić information content (AvgIpc) is 2.57. The third-order valence-electron chi connectivity index (χ3n) is 2.11. The van der Waals surface area contributed by atoms with E-state index in [1.165, 1.54) is 0 Å². The molecule has 0 radical (unpaired) electrons. The highest BCUT2D eigenvalue weighted by atomic mass is 79.9. The van der Waals surface area contributed by atoms with Gasteiger partial charge in [0.25, 0.3) is 0 Å². The number of ether oxygens (including phenoxy) is 1. The highest BCUT2D eigenvalue weighted by Crippen LogP contribution is 2.17. The molecular weight excluding hydrogens is 298 g/mol. The number of imidazole rings is 1. The predicted molar refractivity (Wildman–Crippen MR) is 72.7 cm³/mol. The van der Waals surface area contributed by atoms with Gasteiger partial charge in [0.15, 0.2) is 0 Å². The second kappa shape index (κ2) is 4.61. The SMILES string of the molecule is CC(C)(C)OC(=O)Nc1ccn2c(Br)cnc2c1. The van der Waals surface area contributed by atoms with E-state index in [4.69, 9.17) is 4.74 Å². The van der Waals surface area contributed by atoms with E-state index >= 15 is 0 Å². The number of pyridine rings is 1. The summed E-state index contributed by atoms with van der Waals surface area (Å²) >= 11 is 3.37. The Morgan fingerprint density at radius 3 is 2.89 bits per heavy atom. The average molecular weight is 312 g/mol. The summed E-state index contributed by atoms with van der Waals surface area (Å²) in [6.07, 6.45) is 3.04. The summed E-state index contributed by atoms with van der Waals surface area (Å²) in [7, 11) is 0. The minimum Gasteiger partial charge on any atom is -0.444 e. The first-order valence-electron chi connectivity index (χ1n) is 5.48. The van der Waals surface area contributed by atoms with Crippen molar-refractivity contribution in [3.05, 3.63) is 29.1 Å². The molecule has 2 heterocycles. The van der Waals surface area contributed by atoms with Gasteiger partial charge in [-0.1, -0.05) is 0 Å². The molecule has 2 rings (SSSR count). The number of nitrogens with zero attached hydrogens (tertiary/aromatic N) is 2. The topological polar surface area (TPSA) is 55.6 Å². The smallest absolute Gasteiger partial charge is 0.412 e. The van der Waals surface area contributed by atoms with Crippen molar-refractivity contribution < 1.29 is 9.53 Å². The molecule has 18 heavy (non-hydrogen) atoms. The van der Waals surface area contributed by atoms with Gasteiger partial charge in [0.1, 0.15) is 15.9 Å². The normalized spacial score (nSPS) is 11.6. The van der Waals surface area contributed by atoms with Crippen molar-refractivity contribution in [2.45, 2.75) is 26.4 Å². The molecule has 2 aromatic rings. The first kappa shape index (κ1) is 12.9. The maximum Gasteiger partial charge on any atom is 0.412 e. The second-order valence-electron chi connectivity index (χ2n) is 4.85. The van der Waals surface area contributed by atoms with Crippen molar-refractivity contribution in [1.82, 2.24) is 9.38 Å². The molecule has 0 aliphatic carbocycles. The quantitative estimate of drug-likeness (QED) is 0.877. The number of aromatic nitrogens is 2. The molecule has 1 N–H and O–H groups in total. The van der Waals surface area contributed by atoms with Gasteiger partial charge in [0, 0.05) is 18.0 Å². The van der Waals surface area contributed by atoms with E-state index in [1.807, 2.05) is 31.4 Å². The summed E-state index contributed by atoms with van der Waals surface area (Å²) in [5.74, 6) is 0. The predicted octanol–water partition coefficient (Wildman–Crippen LogP) is 3.44. The Morgan fingerprint density at radius 1 is 1.50 bits per heavy atom. The van der Waals surface area contributed by atoms with Gasteiger partial charge in [-0.25, -0.2) is 9.78 Å². The first-order valence-corrected chi connectivity index (χ1v) is 6.27. The van der Waals surface area contributed by atoms with E-state index in [0.29, 0.717) is 5.69 Å². The van der Waals surface area contributed by atoms with Crippen LogP contribution in [-0.4, -0.2) is 21.1 Å². The van der Waals surface area contributed by atoms with Gasteiger partial charge >= 0.3 is 6.09 Å². The summed E-state index contributed by atoms with van der Waals surface area (Å²) in [5.41, 5.74) is 0.884. The molecule has 1 amide bonds. The molecule has 0 bridgehead atoms. The van der Waals surface area contributed by atoms with Gasteiger partial charge in [-0.2, -0.15) is 0 Å². The summed E-state index contributed by atoms with van der Waals surface area (Å²) in [6, 6.07) is 3.55. The summed E-state index contributed by atoms with van der Waals surface area (Å²) in [5, 5.41) is 2.67. The van der Waals surface area contributed by atoms with Gasteiger partial charge in [0.05, 0.1) is 6.20 Å². The number of amides is 1. The van der Waals surface area contributed by atoms with Crippen LogP contribution in [0.5, 0.6) is 0 Å². The van der Waals surface area contributed by atoms with E-state index < -0.39 is 11.7 Å². The molecule has 0 spiro atoms. The third-order valence-corrected chi connectivity index (χ3v) is 2.70. The standard InChI is InChI=1S/C12H14BrN3O2/c1-12(2,3)18-11(17)15-8-4-5-16-9(13)7-14-10(16)6-8/h4-7H,1-3H3,(H,15,17). The van der Waals surface area contributed by atoms with Gasteiger partial charge in [-0.15, -0.1) is 0 Å². The lowest BCUT2D eigenvalue weighted by atomic mass is 10.2. The molecule has 0 aliphatic rings. The summed E-state index contributed by atoms with van der Waals surface area (Å²) < 4.78 is 7.90. The van der Waals surface area contributed by atoms with Crippen molar-refractivity contribution in [2.24, 2.45) is 0 Å². The zero-order valence-electron chi connectivity index (χ0n) is 10.4. The lowest BCUT2D eigenvalue weighted by Crippen LogP contribution is -2.27. The molecule has 0 fully saturated rings. The van der Waals surface area contributed by atoms with Crippen molar-refractivity contribution in [3.63, 3.8) is 0 Å². The number of halogens is 1. The fourth-order valence-corrected chi connectivity index (χ4v) is 1.85. The molecule has 2 aromatic heterocycles. The van der Waals surface area contributed by atoms with Crippen LogP contribution in [0.15, 0.2) is 29.1 Å². The number of carbonyl (C=O) groups excluding carboxylic acids is 1. The molecule has 0 aliphatic heterocycles. The first-order chi connectivity index (χ1) is 8.35. The zero-order chi connectivity index (χ0) is 13.3. The van der Waals surface area contributed by atoms with Gasteiger partial charge < -0.3 is 4.74 Å². The van der Waals surface area contributed by atoms with Crippen molar-refractivity contribution >= 4 is 33.4 Å². The van der Waals surface area contributed by atoms with Gasteiger partial charge in [0.2, 0.25) is 0 Å². The number of rotatable bonds is 1. The fourth-order valence-electron chi connectivity index (χ4n) is 1.45. The molecule has 0 atom stereocenters. The summed E-state index contributed by atoms with van der Waals surface area (Å²) in [6.45, 7) is 5.46. The molecule has 0 unspecified atom stereocenters. The minimum atomic E-state index is -0.509. The van der Waals surface area contributed by atoms with Crippen LogP contribution >= 0.6 is 15.9 Å². The van der Waals surface area contributed by atoms with Crippen LogP contribution in [0.4, 0.5) is 10.5 Å². The Balaban J connectivity index is 2.15. The number of hydrogen-bond donors (Lipinski definition) is 1. The molecular formula is C12H14BrN3O2. The monoisotopic (exact) mass is 311 g/mol. The lowest BCUT2D eigenvalue weighted by Gasteiger charge is -2.19. The molecule has 0 saturated heterocycles. The van der Waals surface area contributed by atoms with Crippen LogP contribution < -0.4 is 5.32 Å². The van der Waals surface area contributed by atoms with Gasteiger partial charge in [-0.3, -0.25) is 9.72 Å². The van der Waals surface area contributed by atoms with Crippen LogP contribution in [0.3, 0.4) is 0 Å². The lowest BCUT2D eigenvalue weighted by molar-refractivity contribution is 0.0636. The Kier molecular flexibility index (Phi) is 3.30. The number of carbonyl (C=O) groups is 1. The molecule has 0 aromatic carbocycles. The molecule has 5 nitrogen and oxygen atoms in total. The van der Waals surface area contributed by atoms with E-state index in [0.717, 1.165) is 10.3 Å². The van der Waals surface area contributed by atoms with Crippen LogP contribution in [-0.2, 0) is 4.74 Å². The van der Waals surface area contributed by atoms with Crippen molar-refractivity contribution in [2.75, 3.05) is 5.32 Å². The Labute approximate surface area is 113 Å². The van der Waals surface area contributed by atoms with Crippen molar-refractivity contribution in [1.29, 1.82) is 0 Å². The number of hydrogen-bond acceptors (Lipinski definition) is 3. The maximum atomic E-state index is 11.6. The Bertz CT molecular complexity index is 587. The summed E-state index contributed by atoms with van der Waals surface area (Å²) in [4.78, 5) is 15.8. The van der Waals surface area contributed by atoms with E-state index in [-0.39, 0.29) is 0 Å². The highest BCUT2D eigenvalue weighted by Gasteiger charge is 2.16. The third kappa shape index (κ3) is 3.01. The Hall–Kier alpha value is -1.56. The van der Waals surface area contributed by atoms with Crippen LogP contribution in [0.25, 0.3) is 5.65 Å². The Morgan fingerprint density at radius 2 is 2.22 bits per heavy atom. The number of nitrogens with one attached hydrogen (secondary N) is 1. The molecule has 6 heteroatoms. The minimum absolute atomic E-state index is 0.475. The van der Waals surface area contributed by atoms with Crippen LogP contribution in [0.2, 0.25) is 0 Å². The van der Waals surface area contributed by atoms with E-state index in [2.05, 4.69) is 26.2 Å². The second-order valence-corrected chi connectivity index (χ2v) is 5.66. The number of fused-ring (bicyclic) bond motifs is 1. The van der Waals surface area contributed by atoms with E-state index in [9.17, 15) is 4.79 Å².